The summed E-state index contributed by atoms with van der Waals surface area (Å²) in [6.07, 6.45) is 7.83. The second-order valence-corrected chi connectivity index (χ2v) is 9.49. The molecule has 4 aliphatic rings. The van der Waals surface area contributed by atoms with Crippen molar-refractivity contribution in [3.8, 4) is 0 Å². The van der Waals surface area contributed by atoms with Gasteiger partial charge in [0.25, 0.3) is 0 Å². The van der Waals surface area contributed by atoms with Gasteiger partial charge in [-0.25, -0.2) is 4.39 Å². The van der Waals surface area contributed by atoms with Gasteiger partial charge in [-0.3, -0.25) is 4.79 Å². The van der Waals surface area contributed by atoms with Gasteiger partial charge in [0.15, 0.2) is 5.78 Å². The molecule has 2 unspecified atom stereocenters. The number of Topliss-reactive ketones (excluding diaryl/α,β-unsaturated/α-hetero) is 1. The van der Waals surface area contributed by atoms with Gasteiger partial charge in [-0.05, 0) is 36.2 Å². The van der Waals surface area contributed by atoms with Crippen LogP contribution >= 0.6 is 0 Å². The van der Waals surface area contributed by atoms with Crippen LogP contribution in [0.1, 0.15) is 40.0 Å². The molecule has 0 aliphatic heterocycles. The second kappa shape index (κ2) is 5.85. The number of hydrogen-bond acceptors (Lipinski definition) is 4. The average molecular weight is 376 g/mol. The highest BCUT2D eigenvalue weighted by Gasteiger charge is 2.70. The standard InChI is InChI=1S/C22H29FO4/c1-12-8-15-13-9-16(23)14-6-4-5-7-20(14,2)19(13)17(25)10-21(15,3)22(12,27)18(26)11-24/h4-7,12-13,15,17,19,24-25,27H,8-11H2,1-3H3/t12?,13-,15-,17?,19+,20-,21-,22-/m0/s1. The van der Waals surface area contributed by atoms with Gasteiger partial charge in [0.1, 0.15) is 18.0 Å². The summed E-state index contributed by atoms with van der Waals surface area (Å²) in [5.74, 6) is -1.51. The fourth-order valence-corrected chi connectivity index (χ4v) is 7.20. The molecule has 0 radical (unpaired) electrons. The molecule has 2 saturated carbocycles. The van der Waals surface area contributed by atoms with Crippen LogP contribution in [0.5, 0.6) is 0 Å². The number of carbonyl (C=O) groups excluding carboxylic acids is 1. The molecule has 0 bridgehead atoms. The summed E-state index contributed by atoms with van der Waals surface area (Å²) in [6.45, 7) is 4.92. The van der Waals surface area contributed by atoms with Gasteiger partial charge in [0.2, 0.25) is 0 Å². The zero-order valence-corrected chi connectivity index (χ0v) is 16.2. The van der Waals surface area contributed by atoms with Crippen molar-refractivity contribution < 1.29 is 24.5 Å². The number of allylic oxidation sites excluding steroid dienone is 6. The Bertz CT molecular complexity index is 770. The van der Waals surface area contributed by atoms with Crippen LogP contribution in [0.3, 0.4) is 0 Å². The van der Waals surface area contributed by atoms with E-state index in [1.807, 2.05) is 39.0 Å². The molecule has 27 heavy (non-hydrogen) atoms. The molecular weight excluding hydrogens is 347 g/mol. The third-order valence-corrected chi connectivity index (χ3v) is 8.40. The van der Waals surface area contributed by atoms with Crippen molar-refractivity contribution in [2.45, 2.75) is 51.7 Å². The first-order valence-corrected chi connectivity index (χ1v) is 9.91. The quantitative estimate of drug-likeness (QED) is 0.692. The maximum atomic E-state index is 15.1. The number of aliphatic hydroxyl groups excluding tert-OH is 2. The van der Waals surface area contributed by atoms with Crippen LogP contribution in [0, 0.1) is 34.5 Å². The van der Waals surface area contributed by atoms with E-state index in [1.54, 1.807) is 6.08 Å². The minimum Gasteiger partial charge on any atom is -0.393 e. The minimum absolute atomic E-state index is 0.0927. The van der Waals surface area contributed by atoms with Crippen molar-refractivity contribution in [1.82, 2.24) is 0 Å². The highest BCUT2D eigenvalue weighted by atomic mass is 19.1. The number of halogens is 1. The summed E-state index contributed by atoms with van der Waals surface area (Å²) in [7, 11) is 0. The van der Waals surface area contributed by atoms with E-state index in [1.165, 1.54) is 0 Å². The fraction of sp³-hybridized carbons (Fsp3) is 0.682. The van der Waals surface area contributed by atoms with Gasteiger partial charge >= 0.3 is 0 Å². The Labute approximate surface area is 159 Å². The van der Waals surface area contributed by atoms with E-state index in [-0.39, 0.29) is 42.3 Å². The summed E-state index contributed by atoms with van der Waals surface area (Å²) in [4.78, 5) is 12.5. The average Bonchev–Trinajstić information content (AvgIpc) is 2.82. The molecule has 0 saturated heterocycles. The van der Waals surface area contributed by atoms with E-state index >= 15 is 4.39 Å². The van der Waals surface area contributed by atoms with E-state index < -0.39 is 34.9 Å². The van der Waals surface area contributed by atoms with E-state index in [0.29, 0.717) is 12.0 Å². The maximum Gasteiger partial charge on any atom is 0.190 e. The van der Waals surface area contributed by atoms with Crippen LogP contribution in [0.2, 0.25) is 0 Å². The van der Waals surface area contributed by atoms with E-state index in [9.17, 15) is 20.1 Å². The first-order valence-electron chi connectivity index (χ1n) is 9.91. The first kappa shape index (κ1) is 19.0. The van der Waals surface area contributed by atoms with Crippen LogP contribution in [0.15, 0.2) is 35.7 Å². The summed E-state index contributed by atoms with van der Waals surface area (Å²) in [6, 6.07) is 0. The molecule has 4 aliphatic carbocycles. The summed E-state index contributed by atoms with van der Waals surface area (Å²) in [5, 5.41) is 32.1. The van der Waals surface area contributed by atoms with E-state index in [0.717, 1.165) is 0 Å². The van der Waals surface area contributed by atoms with E-state index in [4.69, 9.17) is 0 Å². The van der Waals surface area contributed by atoms with Gasteiger partial charge in [-0.15, -0.1) is 0 Å². The summed E-state index contributed by atoms with van der Waals surface area (Å²) >= 11 is 0. The van der Waals surface area contributed by atoms with Crippen LogP contribution < -0.4 is 0 Å². The lowest BCUT2D eigenvalue weighted by Crippen LogP contribution is -2.62. The third-order valence-electron chi connectivity index (χ3n) is 8.40. The number of hydrogen-bond donors (Lipinski definition) is 3. The fourth-order valence-electron chi connectivity index (χ4n) is 7.20. The van der Waals surface area contributed by atoms with Crippen LogP contribution in [-0.4, -0.2) is 39.4 Å². The van der Waals surface area contributed by atoms with Crippen LogP contribution in [0.4, 0.5) is 4.39 Å². The Kier molecular flexibility index (Phi) is 4.12. The van der Waals surface area contributed by atoms with E-state index in [2.05, 4.69) is 0 Å². The first-order chi connectivity index (χ1) is 12.6. The lowest BCUT2D eigenvalue weighted by Gasteiger charge is -2.58. The minimum atomic E-state index is -1.69. The molecule has 4 rings (SSSR count). The highest BCUT2D eigenvalue weighted by Crippen LogP contribution is 2.68. The number of fused-ring (bicyclic) bond motifs is 5. The second-order valence-electron chi connectivity index (χ2n) is 9.49. The monoisotopic (exact) mass is 376 g/mol. The maximum absolute atomic E-state index is 15.1. The number of ketones is 1. The molecule has 8 atom stereocenters. The van der Waals surface area contributed by atoms with Crippen LogP contribution in [-0.2, 0) is 4.79 Å². The molecule has 4 nitrogen and oxygen atoms in total. The molecule has 0 aromatic heterocycles. The Balaban J connectivity index is 1.83. The Hall–Kier alpha value is -1.30. The van der Waals surface area contributed by atoms with Crippen molar-refractivity contribution in [3.05, 3.63) is 35.7 Å². The van der Waals surface area contributed by atoms with Crippen molar-refractivity contribution in [1.29, 1.82) is 0 Å². The molecule has 148 valence electrons. The Morgan fingerprint density at radius 3 is 2.70 bits per heavy atom. The van der Waals surface area contributed by atoms with Crippen molar-refractivity contribution >= 4 is 5.78 Å². The molecule has 0 spiro atoms. The molecular formula is C22H29FO4. The smallest absolute Gasteiger partial charge is 0.190 e. The largest absolute Gasteiger partial charge is 0.393 e. The SMILES string of the molecule is CC1C[C@H]2[C@@H]3CC(F)=C4C=CC=C[C@]4(C)[C@H]3C(O)C[C@]2(C)[C@@]1(O)C(=O)CO. The third kappa shape index (κ3) is 2.16. The molecule has 0 heterocycles. The lowest BCUT2D eigenvalue weighted by molar-refractivity contribution is -0.182. The van der Waals surface area contributed by atoms with Gasteiger partial charge in [-0.2, -0.15) is 0 Å². The normalized spacial score (nSPS) is 51.0. The van der Waals surface area contributed by atoms with Crippen LogP contribution in [0.25, 0.3) is 0 Å². The zero-order chi connectivity index (χ0) is 19.8. The lowest BCUT2D eigenvalue weighted by atomic mass is 9.47. The number of aliphatic hydroxyl groups is 3. The van der Waals surface area contributed by atoms with Gasteiger partial charge in [0, 0.05) is 23.2 Å². The molecule has 5 heteroatoms. The Morgan fingerprint density at radius 2 is 2.04 bits per heavy atom. The van der Waals surface area contributed by atoms with Crippen molar-refractivity contribution in [3.63, 3.8) is 0 Å². The topological polar surface area (TPSA) is 77.8 Å². The predicted octanol–water partition coefficient (Wildman–Crippen LogP) is 2.70. The Morgan fingerprint density at radius 1 is 1.33 bits per heavy atom. The number of carbonyl (C=O) groups is 1. The van der Waals surface area contributed by atoms with Gasteiger partial charge in [0.05, 0.1) is 6.10 Å². The molecule has 3 N–H and O–H groups in total. The summed E-state index contributed by atoms with van der Waals surface area (Å²) in [5.41, 5.74) is -2.52. The molecule has 2 fully saturated rings. The predicted molar refractivity (Wildman–Crippen MR) is 99.2 cm³/mol. The summed E-state index contributed by atoms with van der Waals surface area (Å²) < 4.78 is 15.1. The van der Waals surface area contributed by atoms with Crippen molar-refractivity contribution in [2.24, 2.45) is 34.5 Å². The van der Waals surface area contributed by atoms with Crippen molar-refractivity contribution in [2.75, 3.05) is 6.61 Å². The zero-order valence-electron chi connectivity index (χ0n) is 16.2. The van der Waals surface area contributed by atoms with Gasteiger partial charge in [-0.1, -0.05) is 45.1 Å². The molecule has 0 aromatic carbocycles. The number of rotatable bonds is 2. The molecule has 0 aromatic rings. The van der Waals surface area contributed by atoms with Gasteiger partial charge < -0.3 is 15.3 Å². The highest BCUT2D eigenvalue weighted by molar-refractivity contribution is 5.90. The molecule has 0 amide bonds.